The number of carbonyl (C=O) groups is 2. The zero-order valence-corrected chi connectivity index (χ0v) is 12.7. The quantitative estimate of drug-likeness (QED) is 0.595. The molecule has 7 heteroatoms. The summed E-state index contributed by atoms with van der Waals surface area (Å²) < 4.78 is 9.39. The van der Waals surface area contributed by atoms with E-state index in [1.165, 1.54) is 24.6 Å². The Bertz CT molecular complexity index is 546. The number of hydrogen-bond donors (Lipinski definition) is 0. The summed E-state index contributed by atoms with van der Waals surface area (Å²) in [5.41, 5.74) is 1.32. The molecule has 0 atom stereocenters. The molecule has 1 amide bonds. The molecule has 0 aliphatic rings. The molecule has 0 aliphatic carbocycles. The molecule has 0 aliphatic heterocycles. The number of hydrogen-bond acceptors (Lipinski definition) is 6. The van der Waals surface area contributed by atoms with E-state index in [0.717, 1.165) is 10.5 Å². The Morgan fingerprint density at radius 3 is 2.81 bits per heavy atom. The number of esters is 1. The van der Waals surface area contributed by atoms with Gasteiger partial charge in [0, 0.05) is 12.6 Å². The summed E-state index contributed by atoms with van der Waals surface area (Å²) in [4.78, 5) is 24.2. The maximum absolute atomic E-state index is 11.8. The second-order valence-electron chi connectivity index (χ2n) is 3.98. The number of rotatable bonds is 6. The Morgan fingerprint density at radius 2 is 2.29 bits per heavy atom. The number of ether oxygens (including phenoxy) is 2. The molecule has 1 aromatic rings. The van der Waals surface area contributed by atoms with Gasteiger partial charge < -0.3 is 9.47 Å². The first-order valence-electron chi connectivity index (χ1n) is 6.22. The number of nitrogens with zero attached hydrogens (tertiary/aromatic N) is 2. The van der Waals surface area contributed by atoms with Crippen molar-refractivity contribution in [3.05, 3.63) is 34.2 Å². The molecule has 0 radical (unpaired) electrons. The van der Waals surface area contributed by atoms with Crippen molar-refractivity contribution < 1.29 is 19.1 Å². The van der Waals surface area contributed by atoms with E-state index in [1.54, 1.807) is 6.92 Å². The van der Waals surface area contributed by atoms with Crippen LogP contribution in [0, 0.1) is 11.3 Å². The normalized spacial score (nSPS) is 10.6. The fourth-order valence-corrected chi connectivity index (χ4v) is 2.16. The first kappa shape index (κ1) is 16.7. The van der Waals surface area contributed by atoms with Gasteiger partial charge in [-0.15, -0.1) is 0 Å². The molecule has 6 nitrogen and oxygen atoms in total. The van der Waals surface area contributed by atoms with Crippen LogP contribution >= 0.6 is 11.3 Å². The Morgan fingerprint density at radius 1 is 1.52 bits per heavy atom. The second kappa shape index (κ2) is 8.76. The highest BCUT2D eigenvalue weighted by Crippen LogP contribution is 2.12. The largest absolute Gasteiger partial charge is 0.468 e. The highest BCUT2D eigenvalue weighted by Gasteiger charge is 2.17. The Hall–Kier alpha value is -2.33. The molecule has 0 N–H and O–H groups in total. The molecule has 21 heavy (non-hydrogen) atoms. The van der Waals surface area contributed by atoms with E-state index < -0.39 is 12.1 Å². The summed E-state index contributed by atoms with van der Waals surface area (Å²) in [7, 11) is 1.23. The number of carbonyl (C=O) groups excluding carboxylic acids is 2. The number of amides is 1. The van der Waals surface area contributed by atoms with E-state index >= 15 is 0 Å². The Labute approximate surface area is 127 Å². The maximum Gasteiger partial charge on any atom is 0.414 e. The van der Waals surface area contributed by atoms with Gasteiger partial charge in [-0.3, -0.25) is 9.69 Å². The van der Waals surface area contributed by atoms with Gasteiger partial charge in [0.25, 0.3) is 0 Å². The minimum absolute atomic E-state index is 0.177. The van der Waals surface area contributed by atoms with Gasteiger partial charge in [0.05, 0.1) is 25.4 Å². The third-order valence-electron chi connectivity index (χ3n) is 2.46. The molecule has 0 spiro atoms. The minimum Gasteiger partial charge on any atom is -0.468 e. The smallest absolute Gasteiger partial charge is 0.414 e. The van der Waals surface area contributed by atoms with E-state index in [2.05, 4.69) is 4.74 Å². The standard InChI is InChI=1S/C14H16N2O4S/c1-3-20-14(18)16(9-13(17)19-2)8-12(7-15)6-11-4-5-21-10-11/h4-5,8,10H,3,6,9H2,1-2H3/b12-8+. The minimum atomic E-state index is -0.694. The highest BCUT2D eigenvalue weighted by molar-refractivity contribution is 7.07. The van der Waals surface area contributed by atoms with Crippen LogP contribution in [0.5, 0.6) is 0 Å². The third kappa shape index (κ3) is 5.67. The van der Waals surface area contributed by atoms with Crippen molar-refractivity contribution in [2.75, 3.05) is 20.3 Å². The van der Waals surface area contributed by atoms with Crippen LogP contribution in [-0.4, -0.2) is 37.2 Å². The molecular formula is C14H16N2O4S. The van der Waals surface area contributed by atoms with E-state index in [4.69, 9.17) is 10.00 Å². The predicted molar refractivity (Wildman–Crippen MR) is 77.5 cm³/mol. The lowest BCUT2D eigenvalue weighted by atomic mass is 10.1. The lowest BCUT2D eigenvalue weighted by Gasteiger charge is -2.16. The molecule has 112 valence electrons. The van der Waals surface area contributed by atoms with Crippen LogP contribution in [0.2, 0.25) is 0 Å². The number of methoxy groups -OCH3 is 1. The van der Waals surface area contributed by atoms with Crippen molar-refractivity contribution >= 4 is 23.4 Å². The van der Waals surface area contributed by atoms with Gasteiger partial charge in [-0.25, -0.2) is 4.79 Å². The van der Waals surface area contributed by atoms with Crippen LogP contribution in [0.4, 0.5) is 4.79 Å². The lowest BCUT2D eigenvalue weighted by Crippen LogP contribution is -2.32. The van der Waals surface area contributed by atoms with Crippen LogP contribution in [0.1, 0.15) is 12.5 Å². The summed E-state index contributed by atoms with van der Waals surface area (Å²) in [6.07, 6.45) is 1.02. The summed E-state index contributed by atoms with van der Waals surface area (Å²) in [6, 6.07) is 3.92. The predicted octanol–water partition coefficient (Wildman–Crippen LogP) is 2.33. The Kier molecular flexibility index (Phi) is 6.98. The zero-order valence-electron chi connectivity index (χ0n) is 11.9. The van der Waals surface area contributed by atoms with Crippen molar-refractivity contribution in [3.8, 4) is 6.07 Å². The van der Waals surface area contributed by atoms with Gasteiger partial charge in [-0.05, 0) is 29.3 Å². The summed E-state index contributed by atoms with van der Waals surface area (Å²) >= 11 is 1.52. The fraction of sp³-hybridized carbons (Fsp3) is 0.357. The van der Waals surface area contributed by atoms with Crippen LogP contribution in [0.3, 0.4) is 0 Å². The third-order valence-corrected chi connectivity index (χ3v) is 3.19. The van der Waals surface area contributed by atoms with Crippen LogP contribution in [0.25, 0.3) is 0 Å². The molecule has 0 saturated heterocycles. The number of allylic oxidation sites excluding steroid dienone is 1. The molecule has 1 aromatic heterocycles. The van der Waals surface area contributed by atoms with Gasteiger partial charge in [0.2, 0.25) is 0 Å². The van der Waals surface area contributed by atoms with Gasteiger partial charge >= 0.3 is 12.1 Å². The summed E-state index contributed by atoms with van der Waals surface area (Å²) in [5.74, 6) is -0.591. The Balaban J connectivity index is 2.89. The topological polar surface area (TPSA) is 79.6 Å². The van der Waals surface area contributed by atoms with Crippen LogP contribution < -0.4 is 0 Å². The monoisotopic (exact) mass is 308 g/mol. The summed E-state index contributed by atoms with van der Waals surface area (Å²) in [5, 5.41) is 13.0. The highest BCUT2D eigenvalue weighted by atomic mass is 32.1. The molecular weight excluding hydrogens is 292 g/mol. The molecule has 0 saturated carbocycles. The molecule has 0 unspecified atom stereocenters. The first-order valence-corrected chi connectivity index (χ1v) is 7.17. The van der Waals surface area contributed by atoms with Gasteiger partial charge in [-0.2, -0.15) is 16.6 Å². The lowest BCUT2D eigenvalue weighted by molar-refractivity contribution is -0.141. The number of thiophene rings is 1. The number of nitriles is 1. The van der Waals surface area contributed by atoms with Crippen LogP contribution in [-0.2, 0) is 20.7 Å². The molecule has 1 rings (SSSR count). The fourth-order valence-electron chi connectivity index (χ4n) is 1.49. The van der Waals surface area contributed by atoms with Crippen molar-refractivity contribution in [2.45, 2.75) is 13.3 Å². The van der Waals surface area contributed by atoms with Crippen molar-refractivity contribution in [3.63, 3.8) is 0 Å². The summed E-state index contributed by atoms with van der Waals surface area (Å²) in [6.45, 7) is 1.54. The molecule has 0 bridgehead atoms. The van der Waals surface area contributed by atoms with Crippen molar-refractivity contribution in [1.82, 2.24) is 4.90 Å². The van der Waals surface area contributed by atoms with Gasteiger partial charge in [-0.1, -0.05) is 0 Å². The van der Waals surface area contributed by atoms with Gasteiger partial charge in [0.1, 0.15) is 6.54 Å². The average Bonchev–Trinajstić information content (AvgIpc) is 2.98. The van der Waals surface area contributed by atoms with E-state index in [1.807, 2.05) is 22.9 Å². The van der Waals surface area contributed by atoms with Crippen molar-refractivity contribution in [2.24, 2.45) is 0 Å². The maximum atomic E-state index is 11.8. The zero-order chi connectivity index (χ0) is 15.7. The van der Waals surface area contributed by atoms with E-state index in [0.29, 0.717) is 12.0 Å². The SMILES string of the molecule is CCOC(=O)N(/C=C(/C#N)Cc1ccsc1)CC(=O)OC. The molecule has 1 heterocycles. The first-order chi connectivity index (χ1) is 10.1. The van der Waals surface area contributed by atoms with E-state index in [-0.39, 0.29) is 13.2 Å². The van der Waals surface area contributed by atoms with Crippen molar-refractivity contribution in [1.29, 1.82) is 5.26 Å². The molecule has 0 fully saturated rings. The second-order valence-corrected chi connectivity index (χ2v) is 4.76. The van der Waals surface area contributed by atoms with Crippen LogP contribution in [0.15, 0.2) is 28.6 Å². The van der Waals surface area contributed by atoms with E-state index in [9.17, 15) is 9.59 Å². The average molecular weight is 308 g/mol. The van der Waals surface area contributed by atoms with Gasteiger partial charge in [0.15, 0.2) is 0 Å². The molecule has 0 aromatic carbocycles.